The van der Waals surface area contributed by atoms with E-state index in [2.05, 4.69) is 15.9 Å². The molecule has 0 spiro atoms. The highest BCUT2D eigenvalue weighted by atomic mass is 79.9. The van der Waals surface area contributed by atoms with E-state index in [1.54, 1.807) is 0 Å². The molecule has 0 saturated heterocycles. The molecule has 0 unspecified atom stereocenters. The van der Waals surface area contributed by atoms with Gasteiger partial charge in [-0.3, -0.25) is 0 Å². The van der Waals surface area contributed by atoms with E-state index in [0.717, 1.165) is 0 Å². The summed E-state index contributed by atoms with van der Waals surface area (Å²) in [5, 5.41) is 0. The maximum Gasteiger partial charge on any atom is 0.162 e. The molecule has 0 aromatic heterocycles. The molecule has 1 aromatic carbocycles. The van der Waals surface area contributed by atoms with E-state index in [0.29, 0.717) is 0 Å². The molecule has 12 heavy (non-hydrogen) atoms. The average Bonchev–Trinajstić information content (AvgIpc) is 2.08. The monoisotopic (exact) mass is 234 g/mol. The number of halogens is 4. The molecule has 1 aromatic rings. The van der Waals surface area contributed by atoms with Crippen LogP contribution < -0.4 is 5.46 Å². The van der Waals surface area contributed by atoms with Crippen LogP contribution in [0.3, 0.4) is 0 Å². The van der Waals surface area contributed by atoms with Gasteiger partial charge in [0.1, 0.15) is 13.7 Å². The lowest BCUT2D eigenvalue weighted by molar-refractivity contribution is 0.495. The Kier molecular flexibility index (Phi) is 2.51. The smallest absolute Gasteiger partial charge is 0.162 e. The first-order valence-corrected chi connectivity index (χ1v) is 3.84. The standard InChI is InChI=1S/C7H3BBrF3/c1-2-4(9)6(11)3(8)7(12)5(2)10/h1H3. The maximum atomic E-state index is 12.9. The molecule has 0 aliphatic carbocycles. The van der Waals surface area contributed by atoms with Gasteiger partial charge in [-0.25, -0.2) is 13.2 Å². The average molecular weight is 235 g/mol. The van der Waals surface area contributed by atoms with Crippen LogP contribution >= 0.6 is 15.9 Å². The first-order valence-electron chi connectivity index (χ1n) is 3.04. The second kappa shape index (κ2) is 3.13. The van der Waals surface area contributed by atoms with E-state index in [9.17, 15) is 13.2 Å². The molecular formula is C7H3BBrF3. The SMILES string of the molecule is [B]c1c(F)c(F)c(C)c(Br)c1F. The van der Waals surface area contributed by atoms with Gasteiger partial charge in [-0.15, -0.1) is 0 Å². The summed E-state index contributed by atoms with van der Waals surface area (Å²) in [5.41, 5.74) is -0.927. The van der Waals surface area contributed by atoms with Crippen LogP contribution in [0.2, 0.25) is 0 Å². The van der Waals surface area contributed by atoms with Crippen LogP contribution in [0.4, 0.5) is 13.2 Å². The minimum atomic E-state index is -1.34. The molecule has 0 aliphatic heterocycles. The summed E-state index contributed by atoms with van der Waals surface area (Å²) < 4.78 is 38.2. The van der Waals surface area contributed by atoms with Crippen molar-refractivity contribution >= 4 is 29.2 Å². The lowest BCUT2D eigenvalue weighted by Gasteiger charge is -2.06. The fraction of sp³-hybridized carbons (Fsp3) is 0.143. The quantitative estimate of drug-likeness (QED) is 0.476. The van der Waals surface area contributed by atoms with Gasteiger partial charge >= 0.3 is 0 Å². The van der Waals surface area contributed by atoms with Gasteiger partial charge in [0.05, 0.1) is 4.47 Å². The van der Waals surface area contributed by atoms with Crippen LogP contribution in [0.5, 0.6) is 0 Å². The Morgan fingerprint density at radius 3 is 2.08 bits per heavy atom. The van der Waals surface area contributed by atoms with Gasteiger partial charge in [-0.05, 0) is 28.3 Å². The summed E-state index contributed by atoms with van der Waals surface area (Å²) in [5.74, 6) is -3.43. The molecule has 0 nitrogen and oxygen atoms in total. The number of hydrogen-bond donors (Lipinski definition) is 0. The summed E-state index contributed by atoms with van der Waals surface area (Å²) in [7, 11) is 4.93. The minimum Gasteiger partial charge on any atom is -0.206 e. The van der Waals surface area contributed by atoms with E-state index < -0.39 is 22.9 Å². The highest BCUT2D eigenvalue weighted by Crippen LogP contribution is 2.22. The zero-order valence-electron chi connectivity index (χ0n) is 6.09. The summed E-state index contributed by atoms with van der Waals surface area (Å²) in [4.78, 5) is 0. The number of benzene rings is 1. The highest BCUT2D eigenvalue weighted by Gasteiger charge is 2.17. The van der Waals surface area contributed by atoms with E-state index in [4.69, 9.17) is 7.85 Å². The van der Waals surface area contributed by atoms with Gasteiger partial charge in [-0.1, -0.05) is 0 Å². The lowest BCUT2D eigenvalue weighted by atomic mass is 9.93. The van der Waals surface area contributed by atoms with Crippen LogP contribution in [0.1, 0.15) is 5.56 Å². The van der Waals surface area contributed by atoms with E-state index in [-0.39, 0.29) is 10.0 Å². The summed E-state index contributed by atoms with van der Waals surface area (Å²) in [6.45, 7) is 1.25. The van der Waals surface area contributed by atoms with Gasteiger partial charge in [0.15, 0.2) is 11.6 Å². The first kappa shape index (κ1) is 9.64. The van der Waals surface area contributed by atoms with Crippen molar-refractivity contribution in [2.75, 3.05) is 0 Å². The largest absolute Gasteiger partial charge is 0.206 e. The molecule has 0 atom stereocenters. The molecule has 0 fully saturated rings. The third-order valence-corrected chi connectivity index (χ3v) is 2.46. The molecule has 0 saturated carbocycles. The molecule has 2 radical (unpaired) electrons. The zero-order chi connectivity index (χ0) is 9.46. The van der Waals surface area contributed by atoms with E-state index >= 15 is 0 Å². The predicted octanol–water partition coefficient (Wildman–Crippen LogP) is 1.97. The summed E-state index contributed by atoms with van der Waals surface area (Å²) in [6.07, 6.45) is 0. The summed E-state index contributed by atoms with van der Waals surface area (Å²) in [6, 6.07) is 0. The third-order valence-electron chi connectivity index (χ3n) is 1.52. The third kappa shape index (κ3) is 1.26. The zero-order valence-corrected chi connectivity index (χ0v) is 7.68. The van der Waals surface area contributed by atoms with Crippen molar-refractivity contribution in [1.82, 2.24) is 0 Å². The fourth-order valence-electron chi connectivity index (χ4n) is 0.758. The van der Waals surface area contributed by atoms with Crippen molar-refractivity contribution in [3.63, 3.8) is 0 Å². The van der Waals surface area contributed by atoms with Crippen molar-refractivity contribution in [3.8, 4) is 0 Å². The van der Waals surface area contributed by atoms with Crippen molar-refractivity contribution in [2.24, 2.45) is 0 Å². The van der Waals surface area contributed by atoms with Gasteiger partial charge in [0.2, 0.25) is 0 Å². The minimum absolute atomic E-state index is 0.126. The van der Waals surface area contributed by atoms with Crippen LogP contribution in [-0.2, 0) is 0 Å². The molecule has 0 aliphatic rings. The Labute approximate surface area is 77.3 Å². The van der Waals surface area contributed by atoms with E-state index in [1.807, 2.05) is 0 Å². The molecular weight excluding hydrogens is 232 g/mol. The van der Waals surface area contributed by atoms with Crippen LogP contribution in [0, 0.1) is 24.4 Å². The van der Waals surface area contributed by atoms with Crippen molar-refractivity contribution in [1.29, 1.82) is 0 Å². The van der Waals surface area contributed by atoms with Gasteiger partial charge < -0.3 is 0 Å². The van der Waals surface area contributed by atoms with Crippen molar-refractivity contribution < 1.29 is 13.2 Å². The van der Waals surface area contributed by atoms with E-state index in [1.165, 1.54) is 6.92 Å². The number of rotatable bonds is 0. The van der Waals surface area contributed by atoms with Crippen LogP contribution in [0.25, 0.3) is 0 Å². The van der Waals surface area contributed by atoms with Crippen LogP contribution in [0.15, 0.2) is 4.47 Å². The number of hydrogen-bond acceptors (Lipinski definition) is 0. The fourth-order valence-corrected chi connectivity index (χ4v) is 1.15. The normalized spacial score (nSPS) is 10.4. The molecule has 0 heterocycles. The predicted molar refractivity (Wildman–Crippen MR) is 44.1 cm³/mol. The topological polar surface area (TPSA) is 0 Å². The van der Waals surface area contributed by atoms with Gasteiger partial charge in [0, 0.05) is 5.56 Å². The Hall–Kier alpha value is -0.445. The Morgan fingerprint density at radius 2 is 1.58 bits per heavy atom. The lowest BCUT2D eigenvalue weighted by Crippen LogP contribution is -2.18. The molecule has 62 valence electrons. The van der Waals surface area contributed by atoms with Gasteiger partial charge in [0.25, 0.3) is 0 Å². The Balaban J connectivity index is 3.60. The first-order chi connectivity index (χ1) is 5.46. The molecule has 0 amide bonds. The van der Waals surface area contributed by atoms with Gasteiger partial charge in [-0.2, -0.15) is 0 Å². The Bertz CT molecular complexity index is 233. The molecule has 0 N–H and O–H groups in total. The summed E-state index contributed by atoms with van der Waals surface area (Å²) >= 11 is 2.75. The van der Waals surface area contributed by atoms with Crippen molar-refractivity contribution in [2.45, 2.75) is 6.92 Å². The highest BCUT2D eigenvalue weighted by molar-refractivity contribution is 9.10. The molecule has 5 heteroatoms. The second-order valence-electron chi connectivity index (χ2n) is 2.29. The Morgan fingerprint density at radius 1 is 1.08 bits per heavy atom. The molecule has 1 rings (SSSR count). The molecule has 0 bridgehead atoms. The van der Waals surface area contributed by atoms with Crippen LogP contribution in [-0.4, -0.2) is 7.85 Å². The van der Waals surface area contributed by atoms with Crippen molar-refractivity contribution in [3.05, 3.63) is 27.5 Å². The maximum absolute atomic E-state index is 12.9. The second-order valence-corrected chi connectivity index (χ2v) is 3.09.